The minimum atomic E-state index is 0.739. The number of furan rings is 1. The van der Waals surface area contributed by atoms with Gasteiger partial charge < -0.3 is 9.73 Å². The fourth-order valence-electron chi connectivity index (χ4n) is 2.62. The van der Waals surface area contributed by atoms with E-state index in [4.69, 9.17) is 4.42 Å². The summed E-state index contributed by atoms with van der Waals surface area (Å²) in [6, 6.07) is 7.97. The van der Waals surface area contributed by atoms with Crippen LogP contribution in [0.5, 0.6) is 0 Å². The fraction of sp³-hybridized carbons (Fsp3) is 0.294. The first kappa shape index (κ1) is 13.8. The molecule has 0 radical (unpaired) electrons. The third kappa shape index (κ3) is 2.54. The highest BCUT2D eigenvalue weighted by atomic mass is 16.3. The fourth-order valence-corrected chi connectivity index (χ4v) is 2.62. The predicted molar refractivity (Wildman–Crippen MR) is 84.3 cm³/mol. The van der Waals surface area contributed by atoms with E-state index >= 15 is 0 Å². The van der Waals surface area contributed by atoms with Crippen LogP contribution < -0.4 is 5.32 Å². The van der Waals surface area contributed by atoms with Crippen molar-refractivity contribution in [1.82, 2.24) is 15.3 Å². The molecule has 0 amide bonds. The van der Waals surface area contributed by atoms with Crippen LogP contribution in [0.4, 0.5) is 0 Å². The molecule has 4 nitrogen and oxygen atoms in total. The molecule has 0 aliphatic heterocycles. The molecule has 108 valence electrons. The first-order chi connectivity index (χ1) is 10.2. The van der Waals surface area contributed by atoms with Crippen LogP contribution in [0.3, 0.4) is 0 Å². The third-order valence-electron chi connectivity index (χ3n) is 3.77. The summed E-state index contributed by atoms with van der Waals surface area (Å²) in [7, 11) is 1.96. The summed E-state index contributed by atoms with van der Waals surface area (Å²) in [5.41, 5.74) is 5.12. The van der Waals surface area contributed by atoms with Crippen molar-refractivity contribution in [3.05, 3.63) is 47.5 Å². The molecule has 0 aliphatic carbocycles. The molecule has 2 heterocycles. The zero-order valence-corrected chi connectivity index (χ0v) is 12.6. The van der Waals surface area contributed by atoms with E-state index in [0.29, 0.717) is 0 Å². The van der Waals surface area contributed by atoms with Crippen LogP contribution in [-0.4, -0.2) is 23.6 Å². The molecule has 0 spiro atoms. The number of likely N-dealkylation sites (N-methyl/N-ethyl adjacent to an activating group) is 1. The Balaban J connectivity index is 2.07. The third-order valence-corrected chi connectivity index (χ3v) is 3.77. The van der Waals surface area contributed by atoms with Gasteiger partial charge in [0.25, 0.3) is 0 Å². The van der Waals surface area contributed by atoms with E-state index in [9.17, 15) is 0 Å². The molecule has 0 atom stereocenters. The first-order valence-electron chi connectivity index (χ1n) is 7.16. The summed E-state index contributed by atoms with van der Waals surface area (Å²) in [4.78, 5) is 9.36. The molecule has 0 bridgehead atoms. The van der Waals surface area contributed by atoms with Crippen molar-refractivity contribution in [2.24, 2.45) is 0 Å². The van der Waals surface area contributed by atoms with Gasteiger partial charge >= 0.3 is 0 Å². The minimum Gasteiger partial charge on any atom is -0.464 e. The normalized spacial score (nSPS) is 11.2. The van der Waals surface area contributed by atoms with Crippen LogP contribution in [-0.2, 0) is 6.42 Å². The predicted octanol–water partition coefficient (Wildman–Crippen LogP) is 3.27. The van der Waals surface area contributed by atoms with Crippen molar-refractivity contribution in [3.63, 3.8) is 0 Å². The molecule has 3 aromatic rings. The number of aryl methyl sites for hydroxylation is 2. The number of rotatable bonds is 4. The lowest BCUT2D eigenvalue weighted by Crippen LogP contribution is -2.13. The number of nitrogens with one attached hydrogen (secondary N) is 1. The minimum absolute atomic E-state index is 0.739. The standard InChI is InChI=1S/C17H19N3O/c1-11-13(8-9-18-3)12(2)20-17(19-11)15-10-21-16-7-5-4-6-14(15)16/h4-7,10,18H,8-9H2,1-3H3. The van der Waals surface area contributed by atoms with Gasteiger partial charge in [0.15, 0.2) is 5.82 Å². The Bertz CT molecular complexity index is 754. The van der Waals surface area contributed by atoms with E-state index in [1.807, 2.05) is 45.2 Å². The van der Waals surface area contributed by atoms with Crippen LogP contribution >= 0.6 is 0 Å². The first-order valence-corrected chi connectivity index (χ1v) is 7.16. The largest absolute Gasteiger partial charge is 0.464 e. The molecule has 21 heavy (non-hydrogen) atoms. The lowest BCUT2D eigenvalue weighted by molar-refractivity contribution is 0.616. The number of benzene rings is 1. The van der Waals surface area contributed by atoms with Crippen LogP contribution in [0.25, 0.3) is 22.4 Å². The quantitative estimate of drug-likeness (QED) is 0.797. The van der Waals surface area contributed by atoms with Gasteiger partial charge in [-0.2, -0.15) is 0 Å². The zero-order chi connectivity index (χ0) is 14.8. The smallest absolute Gasteiger partial charge is 0.163 e. The Kier molecular flexibility index (Phi) is 3.71. The molecule has 4 heteroatoms. The Morgan fingerprint density at radius 2 is 1.81 bits per heavy atom. The van der Waals surface area contributed by atoms with Crippen LogP contribution in [0.2, 0.25) is 0 Å². The molecule has 0 fully saturated rings. The molecule has 3 rings (SSSR count). The van der Waals surface area contributed by atoms with Crippen molar-refractivity contribution >= 4 is 11.0 Å². The number of nitrogens with zero attached hydrogens (tertiary/aromatic N) is 2. The van der Waals surface area contributed by atoms with Gasteiger partial charge in [-0.3, -0.25) is 0 Å². The van der Waals surface area contributed by atoms with Gasteiger partial charge in [0.1, 0.15) is 11.8 Å². The second kappa shape index (κ2) is 5.66. The number of hydrogen-bond donors (Lipinski definition) is 1. The Hall–Kier alpha value is -2.20. The Morgan fingerprint density at radius 1 is 1.10 bits per heavy atom. The number of aromatic nitrogens is 2. The van der Waals surface area contributed by atoms with Crippen molar-refractivity contribution in [2.75, 3.05) is 13.6 Å². The molecule has 0 saturated heterocycles. The monoisotopic (exact) mass is 281 g/mol. The van der Waals surface area contributed by atoms with Gasteiger partial charge in [0.05, 0.1) is 5.56 Å². The maximum absolute atomic E-state index is 5.59. The van der Waals surface area contributed by atoms with Gasteiger partial charge in [-0.05, 0) is 45.5 Å². The van der Waals surface area contributed by atoms with E-state index in [1.54, 1.807) is 6.26 Å². The maximum atomic E-state index is 5.59. The zero-order valence-electron chi connectivity index (χ0n) is 12.6. The van der Waals surface area contributed by atoms with E-state index in [2.05, 4.69) is 15.3 Å². The Morgan fingerprint density at radius 3 is 2.52 bits per heavy atom. The van der Waals surface area contributed by atoms with Crippen LogP contribution in [0, 0.1) is 13.8 Å². The summed E-state index contributed by atoms with van der Waals surface area (Å²) in [5, 5.41) is 4.22. The highest BCUT2D eigenvalue weighted by Crippen LogP contribution is 2.29. The SMILES string of the molecule is CNCCc1c(C)nc(-c2coc3ccccc23)nc1C. The summed E-state index contributed by atoms with van der Waals surface area (Å²) >= 11 is 0. The number of hydrogen-bond acceptors (Lipinski definition) is 4. The highest BCUT2D eigenvalue weighted by molar-refractivity contribution is 5.91. The van der Waals surface area contributed by atoms with Crippen molar-refractivity contribution in [2.45, 2.75) is 20.3 Å². The van der Waals surface area contributed by atoms with Crippen LogP contribution in [0.1, 0.15) is 17.0 Å². The molecule has 1 aromatic carbocycles. The van der Waals surface area contributed by atoms with E-state index in [-0.39, 0.29) is 0 Å². The van der Waals surface area contributed by atoms with Crippen molar-refractivity contribution in [1.29, 1.82) is 0 Å². The molecule has 0 saturated carbocycles. The topological polar surface area (TPSA) is 51.0 Å². The van der Waals surface area contributed by atoms with Gasteiger partial charge in [-0.15, -0.1) is 0 Å². The van der Waals surface area contributed by atoms with Crippen molar-refractivity contribution in [3.8, 4) is 11.4 Å². The maximum Gasteiger partial charge on any atom is 0.163 e. The van der Waals surface area contributed by atoms with E-state index in [0.717, 1.165) is 46.7 Å². The highest BCUT2D eigenvalue weighted by Gasteiger charge is 2.13. The average molecular weight is 281 g/mol. The number of para-hydroxylation sites is 1. The lowest BCUT2D eigenvalue weighted by atomic mass is 10.1. The van der Waals surface area contributed by atoms with Gasteiger partial charge in [-0.1, -0.05) is 18.2 Å². The van der Waals surface area contributed by atoms with Gasteiger partial charge in [-0.25, -0.2) is 9.97 Å². The van der Waals surface area contributed by atoms with Gasteiger partial charge in [0, 0.05) is 16.8 Å². The second-order valence-corrected chi connectivity index (χ2v) is 5.20. The van der Waals surface area contributed by atoms with Gasteiger partial charge in [0.2, 0.25) is 0 Å². The molecule has 2 aromatic heterocycles. The van der Waals surface area contributed by atoms with E-state index < -0.39 is 0 Å². The summed E-state index contributed by atoms with van der Waals surface area (Å²) < 4.78 is 5.59. The molecule has 1 N–H and O–H groups in total. The molecule has 0 aliphatic rings. The van der Waals surface area contributed by atoms with Crippen molar-refractivity contribution < 1.29 is 4.42 Å². The molecular weight excluding hydrogens is 262 g/mol. The number of fused-ring (bicyclic) bond motifs is 1. The molecular formula is C17H19N3O. The lowest BCUT2D eigenvalue weighted by Gasteiger charge is -2.10. The Labute approximate surface area is 124 Å². The van der Waals surface area contributed by atoms with Crippen LogP contribution in [0.15, 0.2) is 34.9 Å². The second-order valence-electron chi connectivity index (χ2n) is 5.20. The summed E-state index contributed by atoms with van der Waals surface area (Å²) in [6.45, 7) is 5.02. The summed E-state index contributed by atoms with van der Waals surface area (Å²) in [5.74, 6) is 0.739. The average Bonchev–Trinajstić information content (AvgIpc) is 2.90. The molecule has 0 unspecified atom stereocenters. The van der Waals surface area contributed by atoms with E-state index in [1.165, 1.54) is 5.56 Å². The summed E-state index contributed by atoms with van der Waals surface area (Å²) in [6.07, 6.45) is 2.69.